The van der Waals surface area contributed by atoms with Gasteiger partial charge in [0.2, 0.25) is 0 Å². The molecule has 1 aliphatic carbocycles. The lowest BCUT2D eigenvalue weighted by Gasteiger charge is -2.11. The lowest BCUT2D eigenvalue weighted by molar-refractivity contribution is 1.26. The Morgan fingerprint density at radius 3 is 2.33 bits per heavy atom. The SMILES string of the molecule is N#Cc1ccc2c(c1-c1ccccc1)Cc1ccccc1-2. The highest BCUT2D eigenvalue weighted by atomic mass is 14.3. The number of benzene rings is 3. The fourth-order valence-electron chi connectivity index (χ4n) is 3.24. The monoisotopic (exact) mass is 267 g/mol. The predicted octanol–water partition coefficient (Wildman–Crippen LogP) is 4.80. The highest BCUT2D eigenvalue weighted by Crippen LogP contribution is 2.42. The van der Waals surface area contributed by atoms with Gasteiger partial charge in [-0.2, -0.15) is 5.26 Å². The number of rotatable bonds is 1. The van der Waals surface area contributed by atoms with Crippen molar-refractivity contribution < 1.29 is 0 Å². The second kappa shape index (κ2) is 4.61. The summed E-state index contributed by atoms with van der Waals surface area (Å²) in [6.45, 7) is 0. The van der Waals surface area contributed by atoms with E-state index in [9.17, 15) is 5.26 Å². The summed E-state index contributed by atoms with van der Waals surface area (Å²) in [4.78, 5) is 0. The number of hydrogen-bond acceptors (Lipinski definition) is 1. The highest BCUT2D eigenvalue weighted by Gasteiger charge is 2.23. The average Bonchev–Trinajstić information content (AvgIpc) is 2.93. The van der Waals surface area contributed by atoms with Gasteiger partial charge in [-0.1, -0.05) is 60.7 Å². The van der Waals surface area contributed by atoms with Crippen molar-refractivity contribution in [3.63, 3.8) is 0 Å². The highest BCUT2D eigenvalue weighted by molar-refractivity contribution is 5.87. The molecule has 0 atom stereocenters. The molecule has 0 unspecified atom stereocenters. The zero-order valence-electron chi connectivity index (χ0n) is 11.5. The Balaban J connectivity index is 2.03. The molecule has 3 aromatic rings. The van der Waals surface area contributed by atoms with Gasteiger partial charge < -0.3 is 0 Å². The van der Waals surface area contributed by atoms with Gasteiger partial charge in [0.1, 0.15) is 0 Å². The van der Waals surface area contributed by atoms with Crippen molar-refractivity contribution in [2.45, 2.75) is 6.42 Å². The number of fused-ring (bicyclic) bond motifs is 3. The van der Waals surface area contributed by atoms with Gasteiger partial charge in [-0.15, -0.1) is 0 Å². The molecule has 0 saturated heterocycles. The summed E-state index contributed by atoms with van der Waals surface area (Å²) in [5.74, 6) is 0. The first-order valence-corrected chi connectivity index (χ1v) is 7.08. The van der Waals surface area contributed by atoms with Gasteiger partial charge in [-0.25, -0.2) is 0 Å². The maximum atomic E-state index is 9.48. The number of nitriles is 1. The van der Waals surface area contributed by atoms with Crippen molar-refractivity contribution in [3.05, 3.63) is 83.4 Å². The molecular weight excluding hydrogens is 254 g/mol. The molecule has 1 heteroatoms. The van der Waals surface area contributed by atoms with Crippen LogP contribution in [0.4, 0.5) is 0 Å². The Bertz CT molecular complexity index is 870. The first-order chi connectivity index (χ1) is 10.4. The molecule has 0 radical (unpaired) electrons. The summed E-state index contributed by atoms with van der Waals surface area (Å²) in [5, 5.41) is 9.48. The second-order valence-corrected chi connectivity index (χ2v) is 5.33. The number of hydrogen-bond donors (Lipinski definition) is 0. The Kier molecular flexibility index (Phi) is 2.62. The zero-order valence-corrected chi connectivity index (χ0v) is 11.5. The molecule has 1 aliphatic rings. The maximum absolute atomic E-state index is 9.48. The molecule has 0 aliphatic heterocycles. The van der Waals surface area contributed by atoms with E-state index in [0.29, 0.717) is 0 Å². The minimum atomic E-state index is 0.757. The molecule has 0 spiro atoms. The van der Waals surface area contributed by atoms with Gasteiger partial charge in [0.25, 0.3) is 0 Å². The summed E-state index contributed by atoms with van der Waals surface area (Å²) >= 11 is 0. The van der Waals surface area contributed by atoms with Crippen molar-refractivity contribution in [2.75, 3.05) is 0 Å². The van der Waals surface area contributed by atoms with Crippen LogP contribution in [0.3, 0.4) is 0 Å². The molecular formula is C20H13N. The van der Waals surface area contributed by atoms with Crippen LogP contribution in [0.2, 0.25) is 0 Å². The molecule has 1 nitrogen and oxygen atoms in total. The fraction of sp³-hybridized carbons (Fsp3) is 0.0500. The molecule has 0 saturated carbocycles. The van der Waals surface area contributed by atoms with Gasteiger partial charge in [0.05, 0.1) is 11.6 Å². The molecule has 98 valence electrons. The number of nitrogens with zero attached hydrogens (tertiary/aromatic N) is 1. The van der Waals surface area contributed by atoms with Crippen molar-refractivity contribution in [2.24, 2.45) is 0 Å². The lowest BCUT2D eigenvalue weighted by atomic mass is 9.91. The molecule has 0 heterocycles. The zero-order chi connectivity index (χ0) is 14.2. The first kappa shape index (κ1) is 11.9. The average molecular weight is 267 g/mol. The Morgan fingerprint density at radius 2 is 1.52 bits per heavy atom. The van der Waals surface area contributed by atoms with Crippen LogP contribution >= 0.6 is 0 Å². The van der Waals surface area contributed by atoms with E-state index in [4.69, 9.17) is 0 Å². The molecule has 4 rings (SSSR count). The molecule has 0 bridgehead atoms. The third-order valence-corrected chi connectivity index (χ3v) is 4.17. The van der Waals surface area contributed by atoms with Crippen LogP contribution in [0.1, 0.15) is 16.7 Å². The largest absolute Gasteiger partial charge is 0.192 e. The molecule has 0 amide bonds. The van der Waals surface area contributed by atoms with Gasteiger partial charge in [0, 0.05) is 5.56 Å². The van der Waals surface area contributed by atoms with Crippen LogP contribution in [0.5, 0.6) is 0 Å². The summed E-state index contributed by atoms with van der Waals surface area (Å²) in [6.07, 6.45) is 0.908. The summed E-state index contributed by atoms with van der Waals surface area (Å²) in [6, 6.07) is 25.1. The van der Waals surface area contributed by atoms with Gasteiger partial charge in [-0.3, -0.25) is 0 Å². The van der Waals surface area contributed by atoms with E-state index in [1.165, 1.54) is 22.3 Å². The van der Waals surface area contributed by atoms with Gasteiger partial charge >= 0.3 is 0 Å². The third kappa shape index (κ3) is 1.77. The van der Waals surface area contributed by atoms with Crippen LogP contribution < -0.4 is 0 Å². The van der Waals surface area contributed by atoms with Gasteiger partial charge in [-0.05, 0) is 40.3 Å². The van der Waals surface area contributed by atoms with Crippen LogP contribution in [0, 0.1) is 11.3 Å². The van der Waals surface area contributed by atoms with Crippen LogP contribution in [-0.4, -0.2) is 0 Å². The van der Waals surface area contributed by atoms with Gasteiger partial charge in [0.15, 0.2) is 0 Å². The molecule has 0 aromatic heterocycles. The van der Waals surface area contributed by atoms with Crippen LogP contribution in [0.15, 0.2) is 66.7 Å². The van der Waals surface area contributed by atoms with E-state index in [1.807, 2.05) is 24.3 Å². The van der Waals surface area contributed by atoms with E-state index in [1.54, 1.807) is 0 Å². The Morgan fingerprint density at radius 1 is 0.762 bits per heavy atom. The topological polar surface area (TPSA) is 23.8 Å². The first-order valence-electron chi connectivity index (χ1n) is 7.08. The minimum absolute atomic E-state index is 0.757. The second-order valence-electron chi connectivity index (χ2n) is 5.33. The summed E-state index contributed by atoms with van der Waals surface area (Å²) in [7, 11) is 0. The van der Waals surface area contributed by atoms with Crippen molar-refractivity contribution >= 4 is 0 Å². The Hall–Kier alpha value is -2.85. The van der Waals surface area contributed by atoms with Crippen molar-refractivity contribution in [1.29, 1.82) is 5.26 Å². The van der Waals surface area contributed by atoms with E-state index >= 15 is 0 Å². The van der Waals surface area contributed by atoms with Crippen molar-refractivity contribution in [1.82, 2.24) is 0 Å². The van der Waals surface area contributed by atoms with E-state index in [-0.39, 0.29) is 0 Å². The smallest absolute Gasteiger partial charge is 0.0998 e. The normalized spacial score (nSPS) is 11.6. The summed E-state index contributed by atoms with van der Waals surface area (Å²) in [5.41, 5.74) is 8.16. The predicted molar refractivity (Wildman–Crippen MR) is 84.8 cm³/mol. The third-order valence-electron chi connectivity index (χ3n) is 4.17. The minimum Gasteiger partial charge on any atom is -0.192 e. The van der Waals surface area contributed by atoms with E-state index < -0.39 is 0 Å². The molecule has 21 heavy (non-hydrogen) atoms. The molecule has 0 fully saturated rings. The quantitative estimate of drug-likeness (QED) is 0.486. The van der Waals surface area contributed by atoms with Crippen LogP contribution in [-0.2, 0) is 6.42 Å². The van der Waals surface area contributed by atoms with Crippen molar-refractivity contribution in [3.8, 4) is 28.3 Å². The van der Waals surface area contributed by atoms with E-state index in [2.05, 4.69) is 48.5 Å². The molecule has 0 N–H and O–H groups in total. The van der Waals surface area contributed by atoms with Crippen LogP contribution in [0.25, 0.3) is 22.3 Å². The molecule has 3 aromatic carbocycles. The Labute approximate surface area is 124 Å². The maximum Gasteiger partial charge on any atom is 0.0998 e. The van der Waals surface area contributed by atoms with E-state index in [0.717, 1.165) is 23.1 Å². The fourth-order valence-corrected chi connectivity index (χ4v) is 3.24. The standard InChI is InChI=1S/C20H13N/c21-13-16-10-11-18-17-9-5-4-8-15(17)12-19(18)20(16)14-6-2-1-3-7-14/h1-11H,12H2. The summed E-state index contributed by atoms with van der Waals surface area (Å²) < 4.78 is 0. The lowest BCUT2D eigenvalue weighted by Crippen LogP contribution is -1.92.